The molecule has 1 aliphatic rings. The molecule has 0 aromatic heterocycles. The lowest BCUT2D eigenvalue weighted by Crippen LogP contribution is -2.53. The van der Waals surface area contributed by atoms with E-state index in [2.05, 4.69) is 5.32 Å². The largest absolute Gasteiger partial charge is 0.352 e. The Morgan fingerprint density at radius 1 is 1.03 bits per heavy atom. The summed E-state index contributed by atoms with van der Waals surface area (Å²) in [5.74, 6) is -0.586. The predicted octanol–water partition coefficient (Wildman–Crippen LogP) is 4.02. The van der Waals surface area contributed by atoms with Gasteiger partial charge in [0.05, 0.1) is 11.9 Å². The SMILES string of the molecule is CCC(C(=O)NC1CCCCC1)N(Cc1cccc(C)c1)C(=O)CN(c1ccccc1)S(C)(=O)=O. The number of amides is 2. The van der Waals surface area contributed by atoms with Crippen LogP contribution in [0, 0.1) is 6.92 Å². The van der Waals surface area contributed by atoms with Crippen LogP contribution in [0.1, 0.15) is 56.6 Å². The summed E-state index contributed by atoms with van der Waals surface area (Å²) in [4.78, 5) is 28.6. The first-order valence-corrected chi connectivity index (χ1v) is 14.2. The van der Waals surface area contributed by atoms with Crippen molar-refractivity contribution in [3.05, 3.63) is 65.7 Å². The molecule has 0 saturated heterocycles. The Morgan fingerprint density at radius 3 is 2.31 bits per heavy atom. The molecule has 1 aliphatic carbocycles. The molecule has 0 radical (unpaired) electrons. The highest BCUT2D eigenvalue weighted by atomic mass is 32.2. The highest BCUT2D eigenvalue weighted by Gasteiger charge is 2.32. The standard InChI is InChI=1S/C27H37N3O4S/c1-4-25(27(32)28-23-14-7-5-8-15-23)29(19-22-13-11-12-21(2)18-22)26(31)20-30(35(3,33)34)24-16-9-6-10-17-24/h6,9-13,16-18,23,25H,4-5,7-8,14-15,19-20H2,1-3H3,(H,28,32). The Kier molecular flexibility index (Phi) is 9.32. The highest BCUT2D eigenvalue weighted by Crippen LogP contribution is 2.21. The van der Waals surface area contributed by atoms with Crippen molar-refractivity contribution in [2.75, 3.05) is 17.1 Å². The van der Waals surface area contributed by atoms with Crippen molar-refractivity contribution in [3.8, 4) is 0 Å². The van der Waals surface area contributed by atoms with Crippen LogP contribution in [-0.2, 0) is 26.2 Å². The van der Waals surface area contributed by atoms with Gasteiger partial charge < -0.3 is 10.2 Å². The normalized spacial score (nSPS) is 15.3. The number of para-hydroxylation sites is 1. The fourth-order valence-corrected chi connectivity index (χ4v) is 5.53. The molecule has 2 amide bonds. The van der Waals surface area contributed by atoms with Crippen molar-refractivity contribution < 1.29 is 18.0 Å². The van der Waals surface area contributed by atoms with Gasteiger partial charge in [-0.15, -0.1) is 0 Å². The number of nitrogens with zero attached hydrogens (tertiary/aromatic N) is 2. The summed E-state index contributed by atoms with van der Waals surface area (Å²) in [6.45, 7) is 3.71. The minimum Gasteiger partial charge on any atom is -0.352 e. The molecule has 2 aromatic carbocycles. The molecule has 1 N–H and O–H groups in total. The summed E-state index contributed by atoms with van der Waals surface area (Å²) < 4.78 is 26.3. The van der Waals surface area contributed by atoms with Crippen LogP contribution in [0.2, 0.25) is 0 Å². The van der Waals surface area contributed by atoms with Crippen molar-refractivity contribution >= 4 is 27.5 Å². The monoisotopic (exact) mass is 499 g/mol. The zero-order chi connectivity index (χ0) is 25.4. The minimum atomic E-state index is -3.72. The van der Waals surface area contributed by atoms with Crippen molar-refractivity contribution in [1.82, 2.24) is 10.2 Å². The number of carbonyl (C=O) groups is 2. The summed E-state index contributed by atoms with van der Waals surface area (Å²) in [5.41, 5.74) is 2.36. The number of anilines is 1. The molecule has 1 unspecified atom stereocenters. The van der Waals surface area contributed by atoms with E-state index in [0.717, 1.165) is 47.4 Å². The highest BCUT2D eigenvalue weighted by molar-refractivity contribution is 7.92. The number of carbonyl (C=O) groups excluding carboxylic acids is 2. The van der Waals surface area contributed by atoms with Crippen LogP contribution in [0.4, 0.5) is 5.69 Å². The van der Waals surface area contributed by atoms with Gasteiger partial charge in [0.2, 0.25) is 21.8 Å². The van der Waals surface area contributed by atoms with E-state index in [-0.39, 0.29) is 25.0 Å². The van der Waals surface area contributed by atoms with Gasteiger partial charge in [0.15, 0.2) is 0 Å². The second-order valence-corrected chi connectivity index (χ2v) is 11.3. The van der Waals surface area contributed by atoms with Crippen LogP contribution in [-0.4, -0.2) is 50.0 Å². The Labute approximate surface area is 209 Å². The third kappa shape index (κ3) is 7.56. The molecule has 3 rings (SSSR count). The maximum atomic E-state index is 13.7. The van der Waals surface area contributed by atoms with E-state index in [9.17, 15) is 18.0 Å². The van der Waals surface area contributed by atoms with E-state index in [1.807, 2.05) is 38.1 Å². The summed E-state index contributed by atoms with van der Waals surface area (Å²) in [5, 5.41) is 3.15. The minimum absolute atomic E-state index is 0.123. The van der Waals surface area contributed by atoms with Gasteiger partial charge in [0, 0.05) is 12.6 Å². The van der Waals surface area contributed by atoms with Crippen LogP contribution in [0.25, 0.3) is 0 Å². The van der Waals surface area contributed by atoms with Crippen molar-refractivity contribution in [1.29, 1.82) is 0 Å². The molecule has 1 fully saturated rings. The van der Waals surface area contributed by atoms with Crippen LogP contribution >= 0.6 is 0 Å². The average molecular weight is 500 g/mol. The van der Waals surface area contributed by atoms with Crippen molar-refractivity contribution in [3.63, 3.8) is 0 Å². The number of hydrogen-bond acceptors (Lipinski definition) is 4. The van der Waals surface area contributed by atoms with Crippen molar-refractivity contribution in [2.45, 2.75) is 71.0 Å². The molecule has 0 heterocycles. The first-order chi connectivity index (χ1) is 16.7. The lowest BCUT2D eigenvalue weighted by atomic mass is 9.95. The summed E-state index contributed by atoms with van der Waals surface area (Å²) >= 11 is 0. The van der Waals surface area contributed by atoms with Gasteiger partial charge >= 0.3 is 0 Å². The van der Waals surface area contributed by atoms with Gasteiger partial charge in [-0.2, -0.15) is 0 Å². The van der Waals surface area contributed by atoms with Gasteiger partial charge in [0.25, 0.3) is 0 Å². The second-order valence-electron chi connectivity index (χ2n) is 9.38. The summed E-state index contributed by atoms with van der Waals surface area (Å²) in [6.07, 6.45) is 6.78. The first kappa shape index (κ1) is 26.7. The molecule has 190 valence electrons. The maximum Gasteiger partial charge on any atom is 0.244 e. The molecular weight excluding hydrogens is 462 g/mol. The van der Waals surface area contributed by atoms with E-state index in [1.165, 1.54) is 11.3 Å². The zero-order valence-electron chi connectivity index (χ0n) is 20.9. The molecule has 7 nitrogen and oxygen atoms in total. The Hall–Kier alpha value is -2.87. The molecule has 0 aliphatic heterocycles. The van der Waals surface area contributed by atoms with E-state index in [4.69, 9.17) is 0 Å². The second kappa shape index (κ2) is 12.2. The first-order valence-electron chi connectivity index (χ1n) is 12.4. The van der Waals surface area contributed by atoms with Crippen LogP contribution < -0.4 is 9.62 Å². The zero-order valence-corrected chi connectivity index (χ0v) is 21.8. The number of sulfonamides is 1. The molecule has 1 saturated carbocycles. The quantitative estimate of drug-likeness (QED) is 0.535. The Balaban J connectivity index is 1.89. The van der Waals surface area contributed by atoms with Crippen LogP contribution in [0.15, 0.2) is 54.6 Å². The molecule has 8 heteroatoms. The Bertz CT molecular complexity index is 1100. The maximum absolute atomic E-state index is 13.7. The van der Waals surface area contributed by atoms with Gasteiger partial charge in [-0.05, 0) is 43.9 Å². The molecule has 1 atom stereocenters. The molecule has 0 bridgehead atoms. The van der Waals surface area contributed by atoms with Gasteiger partial charge in [-0.1, -0.05) is 74.2 Å². The third-order valence-corrected chi connectivity index (χ3v) is 7.64. The number of hydrogen-bond donors (Lipinski definition) is 1. The summed E-state index contributed by atoms with van der Waals surface area (Å²) in [7, 11) is -3.72. The molecule has 35 heavy (non-hydrogen) atoms. The lowest BCUT2D eigenvalue weighted by Gasteiger charge is -2.34. The summed E-state index contributed by atoms with van der Waals surface area (Å²) in [6, 6.07) is 15.8. The lowest BCUT2D eigenvalue weighted by molar-refractivity contribution is -0.140. The van der Waals surface area contributed by atoms with E-state index < -0.39 is 22.0 Å². The van der Waals surface area contributed by atoms with Gasteiger partial charge in [-0.25, -0.2) is 8.42 Å². The number of benzene rings is 2. The molecule has 0 spiro atoms. The van der Waals surface area contributed by atoms with Crippen LogP contribution in [0.3, 0.4) is 0 Å². The number of rotatable bonds is 10. The topological polar surface area (TPSA) is 86.8 Å². The van der Waals surface area contributed by atoms with Gasteiger partial charge in [0.1, 0.15) is 12.6 Å². The average Bonchev–Trinajstić information content (AvgIpc) is 2.82. The predicted molar refractivity (Wildman–Crippen MR) is 139 cm³/mol. The van der Waals surface area contributed by atoms with E-state index in [1.54, 1.807) is 30.3 Å². The molecule has 2 aromatic rings. The smallest absolute Gasteiger partial charge is 0.244 e. The van der Waals surface area contributed by atoms with E-state index >= 15 is 0 Å². The Morgan fingerprint density at radius 2 is 1.71 bits per heavy atom. The van der Waals surface area contributed by atoms with Crippen LogP contribution in [0.5, 0.6) is 0 Å². The van der Waals surface area contributed by atoms with E-state index in [0.29, 0.717) is 12.1 Å². The van der Waals surface area contributed by atoms with Crippen molar-refractivity contribution in [2.24, 2.45) is 0 Å². The molecular formula is C27H37N3O4S. The fourth-order valence-electron chi connectivity index (χ4n) is 4.68. The fraction of sp³-hybridized carbons (Fsp3) is 0.481. The number of nitrogens with one attached hydrogen (secondary N) is 1. The van der Waals surface area contributed by atoms with Gasteiger partial charge in [-0.3, -0.25) is 13.9 Å². The third-order valence-electron chi connectivity index (χ3n) is 6.50. The number of aryl methyl sites for hydroxylation is 1.